The molecule has 4 aromatic carbocycles. The number of carbonyl (C=O) groups is 2. The summed E-state index contributed by atoms with van der Waals surface area (Å²) < 4.78 is 191. The average Bonchev–Trinajstić information content (AvgIpc) is 3.53. The number of aryl methyl sites for hydroxylation is 4. The number of hydrogen-bond acceptors (Lipinski definition) is 9. The van der Waals surface area contributed by atoms with E-state index < -0.39 is 53.5 Å². The fourth-order valence-electron chi connectivity index (χ4n) is 10.3. The number of hydrogen-bond donors (Lipinski definition) is 1. The summed E-state index contributed by atoms with van der Waals surface area (Å²) in [5.41, 5.74) is -4.76. The molecule has 2 saturated heterocycles. The van der Waals surface area contributed by atoms with E-state index >= 15 is 0 Å². The molecule has 0 bridgehead atoms. The Morgan fingerprint density at radius 1 is 0.518 bits per heavy atom. The van der Waals surface area contributed by atoms with Gasteiger partial charge in [0.2, 0.25) is 0 Å². The first kappa shape index (κ1) is 67.4. The lowest BCUT2D eigenvalue weighted by Gasteiger charge is -2.34. The molecule has 83 heavy (non-hydrogen) atoms. The van der Waals surface area contributed by atoms with Crippen molar-refractivity contribution in [2.75, 3.05) is 27.1 Å². The standard InChI is InChI=1S/C32H36F6O5.C30H32F6O4/c1-6-29(7-2,25-13-14-27(22(4)18-25)41-19-26-9-8-10-28(39)43-26)24-12-11-23(21(3)17-24)15-16-30(31(33,34)35,32(36,37)38)42-20-40-5;1-5-27(6-2,23-12-13-25(20(4)17-23)39-18-24-8-7-9-26(37)40-24)22-11-10-21(19(3)16-22)14-15-28(38,29(31,32)33)30(34,35)36/h11-14,17-18,26H,6-10,19-20H2,1-5H3;10-13,16-17,24,38H,5-9,18H2,1-4H3/t26-;24-/m11/s1. The highest BCUT2D eigenvalue weighted by atomic mass is 19.4. The Morgan fingerprint density at radius 3 is 1.17 bits per heavy atom. The third-order valence-electron chi connectivity index (χ3n) is 15.5. The van der Waals surface area contributed by atoms with Gasteiger partial charge in [0.1, 0.15) is 43.7 Å². The highest BCUT2D eigenvalue weighted by molar-refractivity contribution is 5.70. The predicted octanol–water partition coefficient (Wildman–Crippen LogP) is 14.8. The molecule has 2 heterocycles. The quantitative estimate of drug-likeness (QED) is 0.0478. The predicted molar refractivity (Wildman–Crippen MR) is 285 cm³/mol. The van der Waals surface area contributed by atoms with E-state index in [0.717, 1.165) is 72.1 Å². The van der Waals surface area contributed by atoms with Crippen molar-refractivity contribution in [2.45, 2.75) is 179 Å². The maximum absolute atomic E-state index is 13.7. The number of benzene rings is 4. The van der Waals surface area contributed by atoms with Gasteiger partial charge in [0.25, 0.3) is 0 Å². The Balaban J connectivity index is 0.000000305. The van der Waals surface area contributed by atoms with Gasteiger partial charge in [-0.25, -0.2) is 0 Å². The largest absolute Gasteiger partial charge is 0.489 e. The van der Waals surface area contributed by atoms with E-state index in [0.29, 0.717) is 61.2 Å². The number of halogens is 12. The maximum atomic E-state index is 13.7. The number of rotatable bonds is 17. The highest BCUT2D eigenvalue weighted by Gasteiger charge is 2.73. The number of ether oxygens (including phenoxy) is 6. The smallest absolute Gasteiger partial charge is 0.438 e. The number of alkyl halides is 12. The van der Waals surface area contributed by atoms with Crippen LogP contribution in [0, 0.1) is 51.4 Å². The third-order valence-corrected chi connectivity index (χ3v) is 15.5. The summed E-state index contributed by atoms with van der Waals surface area (Å²) in [5.74, 6) is 7.16. The van der Waals surface area contributed by atoms with Gasteiger partial charge in [0.05, 0.1) is 0 Å². The van der Waals surface area contributed by atoms with Gasteiger partial charge in [-0.3, -0.25) is 9.59 Å². The summed E-state index contributed by atoms with van der Waals surface area (Å²) in [6, 6.07) is 21.1. The molecule has 0 saturated carbocycles. The van der Waals surface area contributed by atoms with Gasteiger partial charge < -0.3 is 33.5 Å². The van der Waals surface area contributed by atoms with Gasteiger partial charge >= 0.3 is 47.8 Å². The first-order chi connectivity index (χ1) is 38.7. The van der Waals surface area contributed by atoms with Crippen molar-refractivity contribution in [2.24, 2.45) is 0 Å². The van der Waals surface area contributed by atoms with E-state index in [-0.39, 0.29) is 48.5 Å². The zero-order valence-corrected chi connectivity index (χ0v) is 47.5. The monoisotopic (exact) mass is 1180 g/mol. The third kappa shape index (κ3) is 15.1. The molecule has 0 unspecified atom stereocenters. The van der Waals surface area contributed by atoms with Crippen LogP contribution in [-0.2, 0) is 39.4 Å². The van der Waals surface area contributed by atoms with Gasteiger partial charge in [-0.05, 0) is 160 Å². The van der Waals surface area contributed by atoms with Crippen LogP contribution < -0.4 is 9.47 Å². The minimum atomic E-state index is -6.01. The first-order valence-electron chi connectivity index (χ1n) is 27.0. The van der Waals surface area contributed by atoms with Gasteiger partial charge in [-0.1, -0.05) is 88.1 Å². The summed E-state index contributed by atoms with van der Waals surface area (Å²) in [5, 5.41) is 9.36. The fraction of sp³-hybridized carbons (Fsp3) is 0.516. The second kappa shape index (κ2) is 27.1. The molecule has 4 aromatic rings. The Labute approximate surface area is 475 Å². The molecule has 454 valence electrons. The number of esters is 2. The molecule has 0 amide bonds. The van der Waals surface area contributed by atoms with Crippen molar-refractivity contribution in [3.05, 3.63) is 128 Å². The number of methoxy groups -OCH3 is 1. The number of aliphatic hydroxyl groups is 1. The van der Waals surface area contributed by atoms with Crippen LogP contribution in [0.4, 0.5) is 52.7 Å². The molecule has 2 fully saturated rings. The van der Waals surface area contributed by atoms with Crippen molar-refractivity contribution in [1.29, 1.82) is 0 Å². The minimum Gasteiger partial charge on any atom is -0.489 e. The van der Waals surface area contributed by atoms with Crippen molar-refractivity contribution >= 4 is 11.9 Å². The van der Waals surface area contributed by atoms with Crippen LogP contribution in [0.1, 0.15) is 148 Å². The van der Waals surface area contributed by atoms with E-state index in [4.69, 9.17) is 18.9 Å². The van der Waals surface area contributed by atoms with E-state index in [1.807, 2.05) is 83.9 Å². The summed E-state index contributed by atoms with van der Waals surface area (Å²) >= 11 is 0. The van der Waals surface area contributed by atoms with Crippen LogP contribution in [0.3, 0.4) is 0 Å². The Kier molecular flexibility index (Phi) is 22.0. The lowest BCUT2D eigenvalue weighted by atomic mass is 9.70. The summed E-state index contributed by atoms with van der Waals surface area (Å²) in [6.07, 6.45) is -17.9. The van der Waals surface area contributed by atoms with Crippen LogP contribution in [0.5, 0.6) is 11.5 Å². The van der Waals surface area contributed by atoms with Crippen LogP contribution in [0.15, 0.2) is 72.8 Å². The zero-order valence-electron chi connectivity index (χ0n) is 47.5. The molecule has 0 aliphatic carbocycles. The van der Waals surface area contributed by atoms with Crippen LogP contribution in [-0.4, -0.2) is 92.3 Å². The Bertz CT molecular complexity index is 2990. The first-order valence-corrected chi connectivity index (χ1v) is 27.0. The van der Waals surface area contributed by atoms with Crippen LogP contribution >= 0.6 is 0 Å². The summed E-state index contributed by atoms with van der Waals surface area (Å²) in [7, 11) is 0.916. The zero-order chi connectivity index (χ0) is 62.0. The second-order valence-electron chi connectivity index (χ2n) is 20.7. The molecule has 2 atom stereocenters. The van der Waals surface area contributed by atoms with Crippen molar-refractivity contribution in [1.82, 2.24) is 0 Å². The van der Waals surface area contributed by atoms with Crippen LogP contribution in [0.25, 0.3) is 0 Å². The molecular formula is C62H68F12O9. The second-order valence-corrected chi connectivity index (χ2v) is 20.7. The molecule has 21 heteroatoms. The molecule has 9 nitrogen and oxygen atoms in total. The normalized spacial score (nSPS) is 16.5. The van der Waals surface area contributed by atoms with E-state index in [1.54, 1.807) is 38.1 Å². The van der Waals surface area contributed by atoms with Gasteiger partial charge in [-0.15, -0.1) is 0 Å². The molecular weight excluding hydrogens is 1120 g/mol. The van der Waals surface area contributed by atoms with Crippen molar-refractivity contribution in [3.63, 3.8) is 0 Å². The molecule has 0 spiro atoms. The van der Waals surface area contributed by atoms with Gasteiger partial charge in [0.15, 0.2) is 0 Å². The minimum absolute atomic E-state index is 0.00656. The molecule has 2 aliphatic heterocycles. The number of cyclic esters (lactones) is 2. The molecule has 6 rings (SSSR count). The topological polar surface area (TPSA) is 110 Å². The van der Waals surface area contributed by atoms with E-state index in [9.17, 15) is 67.4 Å². The van der Waals surface area contributed by atoms with E-state index in [1.165, 1.54) is 18.1 Å². The highest BCUT2D eigenvalue weighted by Crippen LogP contribution is 2.47. The summed E-state index contributed by atoms with van der Waals surface area (Å²) in [4.78, 5) is 23.1. The Hall–Kier alpha value is -6.42. The fourth-order valence-corrected chi connectivity index (χ4v) is 10.3. The average molecular weight is 1190 g/mol. The van der Waals surface area contributed by atoms with E-state index in [2.05, 4.69) is 15.4 Å². The lowest BCUT2D eigenvalue weighted by Crippen LogP contribution is -2.58. The summed E-state index contributed by atoms with van der Waals surface area (Å²) in [6.45, 7) is 14.2. The van der Waals surface area contributed by atoms with Crippen LogP contribution in [0.2, 0.25) is 0 Å². The molecule has 0 aromatic heterocycles. The Morgan fingerprint density at radius 2 is 0.867 bits per heavy atom. The number of carbonyl (C=O) groups excluding carboxylic acids is 2. The maximum Gasteiger partial charge on any atom is 0.438 e. The molecule has 0 radical (unpaired) electrons. The van der Waals surface area contributed by atoms with Crippen molar-refractivity contribution in [3.8, 4) is 35.2 Å². The molecule has 1 N–H and O–H groups in total. The van der Waals surface area contributed by atoms with Crippen molar-refractivity contribution < 1.29 is 95.8 Å². The van der Waals surface area contributed by atoms with Gasteiger partial charge in [0, 0.05) is 41.9 Å². The molecule has 2 aliphatic rings. The SMILES string of the molecule is CCC(CC)(c1ccc(C#CC(O)(C(F)(F)F)C(F)(F)F)c(C)c1)c1ccc(OC[C@H]2CCCC(=O)O2)c(C)c1.CCC(CC)(c1ccc(C#CC(OCOC)(C(F)(F)F)C(F)(F)F)c(C)c1)c1ccc(OC[C@H]2CCCC(=O)O2)c(C)c1. The van der Waals surface area contributed by atoms with Gasteiger partial charge in [-0.2, -0.15) is 52.7 Å². The lowest BCUT2D eigenvalue weighted by molar-refractivity contribution is -0.368.